The summed E-state index contributed by atoms with van der Waals surface area (Å²) in [5, 5.41) is -0.0138. The molecule has 1 aromatic heterocycles. The number of aromatic nitrogens is 2. The molecule has 1 aliphatic heterocycles. The SMILES string of the molecule is C=C=CC1(SC(=O)c2cncn2[C@H](C)c2ccccc2)COC1. The van der Waals surface area contributed by atoms with E-state index in [2.05, 4.69) is 24.2 Å². The fourth-order valence-corrected chi connectivity index (χ4v) is 3.62. The van der Waals surface area contributed by atoms with Gasteiger partial charge < -0.3 is 9.30 Å². The maximum Gasteiger partial charge on any atom is 0.238 e. The Morgan fingerprint density at radius 2 is 2.22 bits per heavy atom. The highest BCUT2D eigenvalue weighted by molar-refractivity contribution is 8.15. The van der Waals surface area contributed by atoms with Crippen LogP contribution in [-0.2, 0) is 4.74 Å². The summed E-state index contributed by atoms with van der Waals surface area (Å²) in [7, 11) is 0. The lowest BCUT2D eigenvalue weighted by atomic mass is 10.1. The van der Waals surface area contributed by atoms with E-state index in [0.717, 1.165) is 5.56 Å². The minimum Gasteiger partial charge on any atom is -0.378 e. The van der Waals surface area contributed by atoms with Gasteiger partial charge in [0.05, 0.1) is 36.5 Å². The Bertz CT molecular complexity index is 743. The number of benzene rings is 1. The van der Waals surface area contributed by atoms with Crippen molar-refractivity contribution in [2.75, 3.05) is 13.2 Å². The van der Waals surface area contributed by atoms with Gasteiger partial charge in [0.2, 0.25) is 5.12 Å². The molecule has 0 bridgehead atoms. The summed E-state index contributed by atoms with van der Waals surface area (Å²) in [5.41, 5.74) is 4.50. The molecule has 0 aliphatic carbocycles. The van der Waals surface area contributed by atoms with Gasteiger partial charge in [-0.3, -0.25) is 4.79 Å². The minimum absolute atomic E-state index is 0.0138. The highest BCUT2D eigenvalue weighted by Crippen LogP contribution is 2.37. The second kappa shape index (κ2) is 6.59. The van der Waals surface area contributed by atoms with Crippen molar-refractivity contribution in [2.24, 2.45) is 0 Å². The molecule has 0 spiro atoms. The van der Waals surface area contributed by atoms with Crippen molar-refractivity contribution in [3.63, 3.8) is 0 Å². The lowest BCUT2D eigenvalue weighted by Gasteiger charge is -2.36. The summed E-state index contributed by atoms with van der Waals surface area (Å²) >= 11 is 1.26. The Hall–Kier alpha value is -2.07. The Morgan fingerprint density at radius 3 is 2.83 bits per heavy atom. The van der Waals surface area contributed by atoms with Gasteiger partial charge in [0.1, 0.15) is 5.69 Å². The smallest absolute Gasteiger partial charge is 0.238 e. The summed E-state index contributed by atoms with van der Waals surface area (Å²) in [4.78, 5) is 16.9. The first-order valence-corrected chi connectivity index (χ1v) is 8.22. The summed E-state index contributed by atoms with van der Waals surface area (Å²) < 4.78 is 6.83. The lowest BCUT2D eigenvalue weighted by Crippen LogP contribution is -2.45. The summed E-state index contributed by atoms with van der Waals surface area (Å²) in [6, 6.07) is 10.1. The first-order valence-electron chi connectivity index (χ1n) is 7.40. The van der Waals surface area contributed by atoms with Crippen molar-refractivity contribution in [1.29, 1.82) is 0 Å². The van der Waals surface area contributed by atoms with Crippen LogP contribution in [0.5, 0.6) is 0 Å². The number of rotatable bonds is 5. The number of imidazole rings is 1. The van der Waals surface area contributed by atoms with E-state index in [4.69, 9.17) is 4.74 Å². The van der Waals surface area contributed by atoms with Crippen molar-refractivity contribution in [2.45, 2.75) is 17.7 Å². The largest absolute Gasteiger partial charge is 0.378 e. The number of carbonyl (C=O) groups excluding carboxylic acids is 1. The number of hydrogen-bond donors (Lipinski definition) is 0. The summed E-state index contributed by atoms with van der Waals surface area (Å²) in [5.74, 6) is 0. The number of nitrogens with zero attached hydrogens (tertiary/aromatic N) is 2. The standard InChI is InChI=1S/C18H18N2O2S/c1-3-9-18(11-22-12-18)23-17(21)16-10-19-13-20(16)14(2)15-7-5-4-6-8-15/h4-10,13-14H,1,11-12H2,2H3/t14-/m1/s1. The zero-order valence-electron chi connectivity index (χ0n) is 12.9. The van der Waals surface area contributed by atoms with E-state index in [0.29, 0.717) is 18.9 Å². The van der Waals surface area contributed by atoms with E-state index in [1.54, 1.807) is 12.5 Å². The van der Waals surface area contributed by atoms with Crippen LogP contribution < -0.4 is 0 Å². The first kappa shape index (κ1) is 15.8. The van der Waals surface area contributed by atoms with Crippen molar-refractivity contribution in [1.82, 2.24) is 9.55 Å². The van der Waals surface area contributed by atoms with E-state index in [1.165, 1.54) is 11.8 Å². The highest BCUT2D eigenvalue weighted by Gasteiger charge is 2.40. The van der Waals surface area contributed by atoms with Crippen LogP contribution in [0.3, 0.4) is 0 Å². The Labute approximate surface area is 139 Å². The maximum absolute atomic E-state index is 12.7. The van der Waals surface area contributed by atoms with E-state index < -0.39 is 0 Å². The van der Waals surface area contributed by atoms with Crippen LogP contribution in [0.15, 0.2) is 61.2 Å². The fourth-order valence-electron chi connectivity index (χ4n) is 2.56. The first-order chi connectivity index (χ1) is 11.2. The molecule has 1 atom stereocenters. The van der Waals surface area contributed by atoms with Crippen LogP contribution in [0.1, 0.15) is 29.0 Å². The molecule has 0 saturated carbocycles. The van der Waals surface area contributed by atoms with Crippen molar-refractivity contribution in [3.05, 3.63) is 72.5 Å². The molecule has 0 N–H and O–H groups in total. The van der Waals surface area contributed by atoms with Crippen LogP contribution in [0, 0.1) is 0 Å². The zero-order valence-corrected chi connectivity index (χ0v) is 13.8. The predicted octanol–water partition coefficient (Wildman–Crippen LogP) is 3.48. The molecular weight excluding hydrogens is 308 g/mol. The number of hydrogen-bond acceptors (Lipinski definition) is 4. The van der Waals surface area contributed by atoms with Crippen LogP contribution in [0.2, 0.25) is 0 Å². The third-order valence-electron chi connectivity index (χ3n) is 3.93. The molecule has 4 nitrogen and oxygen atoms in total. The third-order valence-corrected chi connectivity index (χ3v) is 5.08. The van der Waals surface area contributed by atoms with E-state index in [1.807, 2.05) is 41.0 Å². The van der Waals surface area contributed by atoms with Gasteiger partial charge in [0.25, 0.3) is 0 Å². The van der Waals surface area contributed by atoms with Crippen LogP contribution in [-0.4, -0.2) is 32.6 Å². The molecule has 3 rings (SSSR count). The molecule has 0 unspecified atom stereocenters. The average molecular weight is 326 g/mol. The highest BCUT2D eigenvalue weighted by atomic mass is 32.2. The van der Waals surface area contributed by atoms with Crippen molar-refractivity contribution < 1.29 is 9.53 Å². The van der Waals surface area contributed by atoms with E-state index in [9.17, 15) is 4.79 Å². The minimum atomic E-state index is -0.343. The molecule has 1 fully saturated rings. The molecule has 2 heterocycles. The normalized spacial score (nSPS) is 16.9. The van der Waals surface area contributed by atoms with Crippen molar-refractivity contribution >= 4 is 16.9 Å². The van der Waals surface area contributed by atoms with Gasteiger partial charge in [0, 0.05) is 0 Å². The second-order valence-corrected chi connectivity index (χ2v) is 6.96. The molecule has 118 valence electrons. The Balaban J connectivity index is 1.83. The van der Waals surface area contributed by atoms with Crippen LogP contribution >= 0.6 is 11.8 Å². The third kappa shape index (κ3) is 3.17. The van der Waals surface area contributed by atoms with Crippen LogP contribution in [0.25, 0.3) is 0 Å². The molecule has 1 aromatic carbocycles. The van der Waals surface area contributed by atoms with E-state index in [-0.39, 0.29) is 15.9 Å². The zero-order chi connectivity index (χ0) is 16.3. The second-order valence-electron chi connectivity index (χ2n) is 5.57. The van der Waals surface area contributed by atoms with Gasteiger partial charge in [-0.1, -0.05) is 48.7 Å². The van der Waals surface area contributed by atoms with E-state index >= 15 is 0 Å². The quantitative estimate of drug-likeness (QED) is 0.789. The molecule has 0 amide bonds. The molecule has 23 heavy (non-hydrogen) atoms. The predicted molar refractivity (Wildman–Crippen MR) is 91.7 cm³/mol. The summed E-state index contributed by atoms with van der Waals surface area (Å²) in [6.45, 7) is 6.68. The number of ether oxygens (including phenoxy) is 1. The fraction of sp³-hybridized carbons (Fsp3) is 0.278. The van der Waals surface area contributed by atoms with Crippen molar-refractivity contribution in [3.8, 4) is 0 Å². The van der Waals surface area contributed by atoms with Gasteiger partial charge in [-0.05, 0) is 18.6 Å². The molecule has 5 heteroatoms. The van der Waals surface area contributed by atoms with Gasteiger partial charge in [-0.2, -0.15) is 0 Å². The molecule has 2 aromatic rings. The monoisotopic (exact) mass is 326 g/mol. The van der Waals surface area contributed by atoms with Crippen LogP contribution in [0.4, 0.5) is 0 Å². The summed E-state index contributed by atoms with van der Waals surface area (Å²) in [6.07, 6.45) is 5.15. The molecule has 1 aliphatic rings. The lowest BCUT2D eigenvalue weighted by molar-refractivity contribution is 0.0129. The van der Waals surface area contributed by atoms with Gasteiger partial charge in [0.15, 0.2) is 0 Å². The van der Waals surface area contributed by atoms with Gasteiger partial charge >= 0.3 is 0 Å². The average Bonchev–Trinajstić information content (AvgIpc) is 3.02. The Kier molecular flexibility index (Phi) is 4.53. The number of thioether (sulfide) groups is 1. The maximum atomic E-state index is 12.7. The number of carbonyl (C=O) groups is 1. The molecule has 0 radical (unpaired) electrons. The molecular formula is C18H18N2O2S. The topological polar surface area (TPSA) is 44.1 Å². The molecule has 1 saturated heterocycles. The Morgan fingerprint density at radius 1 is 1.48 bits per heavy atom. The van der Waals surface area contributed by atoms with Gasteiger partial charge in [-0.15, -0.1) is 5.73 Å². The van der Waals surface area contributed by atoms with Gasteiger partial charge in [-0.25, -0.2) is 4.98 Å².